The normalized spacial score (nSPS) is 17.9. The zero-order chi connectivity index (χ0) is 15.9. The molecule has 0 bridgehead atoms. The number of carbonyl (C=O) groups excluding carboxylic acids is 2. The van der Waals surface area contributed by atoms with E-state index in [1.807, 2.05) is 0 Å². The van der Waals surface area contributed by atoms with Crippen molar-refractivity contribution in [2.75, 3.05) is 40.0 Å². The average molecular weight is 302 g/mol. The third-order valence-corrected chi connectivity index (χ3v) is 3.01. The molecule has 0 aromatic rings. The molecule has 1 amide bonds. The van der Waals surface area contributed by atoms with Gasteiger partial charge < -0.3 is 19.5 Å². The third kappa shape index (κ3) is 7.29. The highest BCUT2D eigenvalue weighted by Gasteiger charge is 2.25. The van der Waals surface area contributed by atoms with E-state index in [0.717, 1.165) is 13.1 Å². The molecular weight excluding hydrogens is 276 g/mol. The van der Waals surface area contributed by atoms with Crippen molar-refractivity contribution in [2.24, 2.45) is 0 Å². The summed E-state index contributed by atoms with van der Waals surface area (Å²) in [6.45, 7) is 9.07. The fraction of sp³-hybridized carbons (Fsp3) is 0.857. The second-order valence-electron chi connectivity index (χ2n) is 5.96. The monoisotopic (exact) mass is 302 g/mol. The van der Waals surface area contributed by atoms with Crippen molar-refractivity contribution >= 4 is 12.1 Å². The molecule has 7 nitrogen and oxygen atoms in total. The molecule has 0 radical (unpaired) electrons. The van der Waals surface area contributed by atoms with Gasteiger partial charge in [-0.1, -0.05) is 0 Å². The molecule has 0 unspecified atom stereocenters. The molecule has 1 saturated heterocycles. The van der Waals surface area contributed by atoms with Crippen LogP contribution in [0, 0.1) is 0 Å². The Hall–Kier alpha value is -1.34. The minimum Gasteiger partial charge on any atom is -0.467 e. The van der Waals surface area contributed by atoms with Crippen molar-refractivity contribution in [2.45, 2.75) is 38.8 Å². The summed E-state index contributed by atoms with van der Waals surface area (Å²) in [4.78, 5) is 25.7. The maximum absolute atomic E-state index is 11.8. The van der Waals surface area contributed by atoms with Gasteiger partial charge in [-0.15, -0.1) is 0 Å². The van der Waals surface area contributed by atoms with Crippen LogP contribution in [-0.4, -0.2) is 68.6 Å². The van der Waals surface area contributed by atoms with Gasteiger partial charge in [0, 0.05) is 19.6 Å². The molecule has 122 valence electrons. The maximum Gasteiger partial charge on any atom is 0.408 e. The van der Waals surface area contributed by atoms with E-state index in [2.05, 4.69) is 10.2 Å². The van der Waals surface area contributed by atoms with Gasteiger partial charge in [0.25, 0.3) is 0 Å². The number of carbonyl (C=O) groups is 2. The predicted molar refractivity (Wildman–Crippen MR) is 77.0 cm³/mol. The fourth-order valence-corrected chi connectivity index (χ4v) is 1.98. The van der Waals surface area contributed by atoms with Crippen LogP contribution in [0.5, 0.6) is 0 Å². The van der Waals surface area contributed by atoms with Gasteiger partial charge in [0.1, 0.15) is 11.6 Å². The number of rotatable bonds is 5. The molecule has 1 rings (SSSR count). The smallest absolute Gasteiger partial charge is 0.408 e. The molecule has 1 aliphatic heterocycles. The molecule has 0 aromatic heterocycles. The predicted octanol–water partition coefficient (Wildman–Crippen LogP) is 0.775. The maximum atomic E-state index is 11.8. The zero-order valence-corrected chi connectivity index (χ0v) is 13.3. The number of ether oxygens (including phenoxy) is 3. The van der Waals surface area contributed by atoms with Gasteiger partial charge in [0.15, 0.2) is 0 Å². The molecule has 1 aliphatic rings. The summed E-state index contributed by atoms with van der Waals surface area (Å²) in [5, 5.41) is 2.57. The Morgan fingerprint density at radius 3 is 2.43 bits per heavy atom. The fourth-order valence-electron chi connectivity index (χ4n) is 1.98. The number of nitrogens with zero attached hydrogens (tertiary/aromatic N) is 1. The first-order valence-corrected chi connectivity index (χ1v) is 7.19. The highest BCUT2D eigenvalue weighted by atomic mass is 16.6. The van der Waals surface area contributed by atoms with Crippen LogP contribution in [0.15, 0.2) is 0 Å². The van der Waals surface area contributed by atoms with E-state index in [1.165, 1.54) is 7.11 Å². The summed E-state index contributed by atoms with van der Waals surface area (Å²) >= 11 is 0. The van der Waals surface area contributed by atoms with Gasteiger partial charge in [-0.3, -0.25) is 4.90 Å². The molecule has 1 atom stereocenters. The van der Waals surface area contributed by atoms with Crippen molar-refractivity contribution in [3.63, 3.8) is 0 Å². The van der Waals surface area contributed by atoms with Crippen molar-refractivity contribution in [3.8, 4) is 0 Å². The Kier molecular flexibility index (Phi) is 6.91. The quantitative estimate of drug-likeness (QED) is 0.756. The van der Waals surface area contributed by atoms with Crippen LogP contribution in [-0.2, 0) is 19.0 Å². The van der Waals surface area contributed by atoms with Crippen LogP contribution in [0.25, 0.3) is 0 Å². The van der Waals surface area contributed by atoms with Crippen molar-refractivity contribution in [1.82, 2.24) is 10.2 Å². The van der Waals surface area contributed by atoms with E-state index < -0.39 is 23.7 Å². The van der Waals surface area contributed by atoms with Gasteiger partial charge in [0.2, 0.25) is 0 Å². The Bertz CT molecular complexity index is 348. The van der Waals surface area contributed by atoms with Gasteiger partial charge in [-0.2, -0.15) is 0 Å². The highest BCUT2D eigenvalue weighted by Crippen LogP contribution is 2.08. The lowest BCUT2D eigenvalue weighted by molar-refractivity contribution is -0.143. The molecule has 1 fully saturated rings. The average Bonchev–Trinajstić information content (AvgIpc) is 2.41. The number of esters is 1. The Balaban J connectivity index is 2.47. The van der Waals surface area contributed by atoms with Crippen molar-refractivity contribution in [3.05, 3.63) is 0 Å². The number of morpholine rings is 1. The lowest BCUT2D eigenvalue weighted by atomic mass is 10.2. The van der Waals surface area contributed by atoms with Gasteiger partial charge in [-0.05, 0) is 27.2 Å². The summed E-state index contributed by atoms with van der Waals surface area (Å²) in [6, 6.07) is -0.701. The molecule has 1 N–H and O–H groups in total. The summed E-state index contributed by atoms with van der Waals surface area (Å²) in [7, 11) is 1.31. The van der Waals surface area contributed by atoms with Crippen molar-refractivity contribution in [1.29, 1.82) is 0 Å². The number of nitrogens with one attached hydrogen (secondary N) is 1. The van der Waals surface area contributed by atoms with Crippen LogP contribution >= 0.6 is 0 Å². The number of hydrogen-bond acceptors (Lipinski definition) is 6. The van der Waals surface area contributed by atoms with E-state index in [-0.39, 0.29) is 0 Å². The molecular formula is C14H26N2O5. The van der Waals surface area contributed by atoms with Gasteiger partial charge in [-0.25, -0.2) is 9.59 Å². The SMILES string of the molecule is COC(=O)[C@H](CCN1CCOCC1)NC(=O)OC(C)(C)C. The minimum atomic E-state index is -0.701. The first-order chi connectivity index (χ1) is 9.81. The molecule has 1 heterocycles. The second kappa shape index (κ2) is 8.19. The molecule has 21 heavy (non-hydrogen) atoms. The molecule has 0 aromatic carbocycles. The standard InChI is InChI=1S/C14H26N2O5/c1-14(2,3)21-13(18)15-11(12(17)19-4)5-6-16-7-9-20-10-8-16/h11H,5-10H2,1-4H3,(H,15,18)/t11-/m0/s1. The zero-order valence-electron chi connectivity index (χ0n) is 13.3. The van der Waals surface area contributed by atoms with E-state index in [0.29, 0.717) is 26.2 Å². The Morgan fingerprint density at radius 2 is 1.90 bits per heavy atom. The number of amides is 1. The first-order valence-electron chi connectivity index (χ1n) is 7.19. The first kappa shape index (κ1) is 17.7. The number of alkyl carbamates (subject to hydrolysis) is 1. The van der Waals surface area contributed by atoms with Crippen LogP contribution in [0.4, 0.5) is 4.79 Å². The summed E-state index contributed by atoms with van der Waals surface area (Å²) in [5.41, 5.74) is -0.602. The van der Waals surface area contributed by atoms with Crippen LogP contribution in [0.2, 0.25) is 0 Å². The number of methoxy groups -OCH3 is 1. The van der Waals surface area contributed by atoms with E-state index in [4.69, 9.17) is 14.2 Å². The van der Waals surface area contributed by atoms with Crippen LogP contribution < -0.4 is 5.32 Å². The highest BCUT2D eigenvalue weighted by molar-refractivity contribution is 5.81. The summed E-state index contributed by atoms with van der Waals surface area (Å²) in [5.74, 6) is -0.464. The molecule has 0 spiro atoms. The summed E-state index contributed by atoms with van der Waals surface area (Å²) < 4.78 is 15.2. The van der Waals surface area contributed by atoms with E-state index in [9.17, 15) is 9.59 Å². The van der Waals surface area contributed by atoms with Crippen LogP contribution in [0.1, 0.15) is 27.2 Å². The largest absolute Gasteiger partial charge is 0.467 e. The van der Waals surface area contributed by atoms with E-state index in [1.54, 1.807) is 20.8 Å². The minimum absolute atomic E-state index is 0.464. The topological polar surface area (TPSA) is 77.1 Å². The molecule has 0 saturated carbocycles. The van der Waals surface area contributed by atoms with Gasteiger partial charge in [0.05, 0.1) is 20.3 Å². The number of hydrogen-bond donors (Lipinski definition) is 1. The molecule has 0 aliphatic carbocycles. The Morgan fingerprint density at radius 1 is 1.29 bits per heavy atom. The van der Waals surface area contributed by atoms with Crippen molar-refractivity contribution < 1.29 is 23.8 Å². The second-order valence-corrected chi connectivity index (χ2v) is 5.96. The molecule has 7 heteroatoms. The van der Waals surface area contributed by atoms with Crippen LogP contribution in [0.3, 0.4) is 0 Å². The Labute approximate surface area is 125 Å². The lowest BCUT2D eigenvalue weighted by Crippen LogP contribution is -2.46. The summed E-state index contributed by atoms with van der Waals surface area (Å²) in [6.07, 6.45) is -0.133. The lowest BCUT2D eigenvalue weighted by Gasteiger charge is -2.28. The third-order valence-electron chi connectivity index (χ3n) is 3.01. The van der Waals surface area contributed by atoms with Gasteiger partial charge >= 0.3 is 12.1 Å². The van der Waals surface area contributed by atoms with E-state index >= 15 is 0 Å².